The maximum Gasteiger partial charge on any atom is 0.189 e. The molecule has 0 saturated carbocycles. The first-order valence-corrected chi connectivity index (χ1v) is 8.65. The molecule has 0 aliphatic rings. The Labute approximate surface area is 165 Å². The second-order valence-electron chi connectivity index (χ2n) is 7.13. The van der Waals surface area contributed by atoms with Gasteiger partial charge in [-0.3, -0.25) is 0 Å². The van der Waals surface area contributed by atoms with E-state index in [4.69, 9.17) is 5.73 Å². The molecule has 0 amide bonds. The summed E-state index contributed by atoms with van der Waals surface area (Å²) in [4.78, 5) is 6.63. The molecule has 0 saturated heterocycles. The number of benzene rings is 1. The van der Waals surface area contributed by atoms with Crippen LogP contribution in [0.1, 0.15) is 51.2 Å². The number of rotatable bonds is 9. The van der Waals surface area contributed by atoms with Crippen LogP contribution >= 0.6 is 24.0 Å². The van der Waals surface area contributed by atoms with E-state index in [2.05, 4.69) is 74.3 Å². The fourth-order valence-corrected chi connectivity index (χ4v) is 2.57. The van der Waals surface area contributed by atoms with Crippen molar-refractivity contribution in [2.75, 3.05) is 14.1 Å². The molecule has 1 atom stereocenters. The Hall–Kier alpha value is -0.820. The molecular formula is C19H35IN4. The van der Waals surface area contributed by atoms with E-state index in [1.807, 2.05) is 0 Å². The zero-order chi connectivity index (χ0) is 17.2. The van der Waals surface area contributed by atoms with Gasteiger partial charge in [0.05, 0.1) is 6.54 Å². The van der Waals surface area contributed by atoms with Crippen LogP contribution in [0.5, 0.6) is 0 Å². The summed E-state index contributed by atoms with van der Waals surface area (Å²) < 4.78 is 0. The van der Waals surface area contributed by atoms with Gasteiger partial charge < -0.3 is 16.0 Å². The summed E-state index contributed by atoms with van der Waals surface area (Å²) >= 11 is 0. The van der Waals surface area contributed by atoms with Gasteiger partial charge in [-0.05, 0) is 44.5 Å². The Balaban J connectivity index is 0.00000529. The normalized spacial score (nSPS) is 13.0. The van der Waals surface area contributed by atoms with E-state index in [0.717, 1.165) is 18.9 Å². The third-order valence-corrected chi connectivity index (χ3v) is 3.74. The van der Waals surface area contributed by atoms with Gasteiger partial charge in [0.25, 0.3) is 0 Å². The first-order chi connectivity index (χ1) is 10.9. The number of nitrogens with two attached hydrogens (primary N) is 1. The highest BCUT2D eigenvalue weighted by Gasteiger charge is 2.04. The molecule has 3 N–H and O–H groups in total. The van der Waals surface area contributed by atoms with Gasteiger partial charge >= 0.3 is 0 Å². The smallest absolute Gasteiger partial charge is 0.189 e. The van der Waals surface area contributed by atoms with E-state index in [1.54, 1.807) is 0 Å². The fraction of sp³-hybridized carbons (Fsp3) is 0.632. The van der Waals surface area contributed by atoms with E-state index >= 15 is 0 Å². The van der Waals surface area contributed by atoms with Crippen LogP contribution in [0.4, 0.5) is 0 Å². The molecule has 24 heavy (non-hydrogen) atoms. The molecule has 0 radical (unpaired) electrons. The Morgan fingerprint density at radius 1 is 1.17 bits per heavy atom. The number of aliphatic imine (C=N–C) groups is 1. The minimum Gasteiger partial charge on any atom is -0.370 e. The summed E-state index contributed by atoms with van der Waals surface area (Å²) in [5.74, 6) is 1.31. The zero-order valence-electron chi connectivity index (χ0n) is 15.9. The minimum atomic E-state index is 0. The first kappa shape index (κ1) is 23.2. The van der Waals surface area contributed by atoms with Gasteiger partial charge in [-0.25, -0.2) is 4.99 Å². The largest absolute Gasteiger partial charge is 0.370 e. The van der Waals surface area contributed by atoms with Gasteiger partial charge in [0.2, 0.25) is 0 Å². The van der Waals surface area contributed by atoms with Crippen molar-refractivity contribution in [1.29, 1.82) is 0 Å². The van der Waals surface area contributed by atoms with Crippen LogP contribution in [-0.2, 0) is 13.1 Å². The van der Waals surface area contributed by atoms with Crippen LogP contribution < -0.4 is 11.1 Å². The molecule has 0 spiro atoms. The summed E-state index contributed by atoms with van der Waals surface area (Å²) in [5, 5.41) is 3.29. The molecule has 1 rings (SSSR count). The predicted molar refractivity (Wildman–Crippen MR) is 116 cm³/mol. The molecule has 4 nitrogen and oxygen atoms in total. The standard InChI is InChI=1S/C19H34N4.HI/c1-15(2)8-6-9-16(3)22-19(20)21-13-17-10-7-11-18(12-17)14-23(4)5;/h7,10-12,15-16H,6,8-9,13-14H2,1-5H3,(H3,20,21,22);1H. The first-order valence-electron chi connectivity index (χ1n) is 8.65. The number of nitrogens with one attached hydrogen (secondary N) is 1. The molecule has 0 aromatic heterocycles. The Bertz CT molecular complexity index is 486. The number of guanidine groups is 1. The van der Waals surface area contributed by atoms with Gasteiger partial charge in [0.1, 0.15) is 0 Å². The maximum atomic E-state index is 6.00. The highest BCUT2D eigenvalue weighted by Crippen LogP contribution is 2.09. The summed E-state index contributed by atoms with van der Waals surface area (Å²) in [6, 6.07) is 8.90. The highest BCUT2D eigenvalue weighted by atomic mass is 127. The molecule has 0 aliphatic carbocycles. The Kier molecular flexibility index (Phi) is 12.1. The van der Waals surface area contributed by atoms with E-state index in [1.165, 1.54) is 24.0 Å². The monoisotopic (exact) mass is 446 g/mol. The maximum absolute atomic E-state index is 6.00. The van der Waals surface area contributed by atoms with Crippen molar-refractivity contribution in [3.63, 3.8) is 0 Å². The van der Waals surface area contributed by atoms with Crippen LogP contribution in [-0.4, -0.2) is 31.0 Å². The van der Waals surface area contributed by atoms with Crippen LogP contribution in [0.15, 0.2) is 29.3 Å². The van der Waals surface area contributed by atoms with Crippen LogP contribution in [0.3, 0.4) is 0 Å². The molecule has 1 unspecified atom stereocenters. The van der Waals surface area contributed by atoms with Gasteiger partial charge in [-0.2, -0.15) is 0 Å². The zero-order valence-corrected chi connectivity index (χ0v) is 18.2. The fourth-order valence-electron chi connectivity index (χ4n) is 2.57. The molecule has 1 aromatic carbocycles. The summed E-state index contributed by atoms with van der Waals surface area (Å²) in [7, 11) is 4.15. The highest BCUT2D eigenvalue weighted by molar-refractivity contribution is 14.0. The van der Waals surface area contributed by atoms with Gasteiger partial charge in [-0.15, -0.1) is 24.0 Å². The molecule has 0 aliphatic heterocycles. The molecule has 1 aromatic rings. The Morgan fingerprint density at radius 2 is 1.83 bits per heavy atom. The predicted octanol–water partition coefficient (Wildman–Crippen LogP) is 3.99. The minimum absolute atomic E-state index is 0. The average molecular weight is 446 g/mol. The quantitative estimate of drug-likeness (QED) is 0.343. The van der Waals surface area contributed by atoms with Crippen molar-refractivity contribution in [1.82, 2.24) is 10.2 Å². The van der Waals surface area contributed by atoms with Gasteiger partial charge in [0.15, 0.2) is 5.96 Å². The lowest BCUT2D eigenvalue weighted by Crippen LogP contribution is -2.38. The lowest BCUT2D eigenvalue weighted by molar-refractivity contribution is 0.402. The summed E-state index contributed by atoms with van der Waals surface area (Å²) in [6.45, 7) is 8.26. The molecule has 0 fully saturated rings. The Morgan fingerprint density at radius 3 is 2.46 bits per heavy atom. The van der Waals surface area contributed by atoms with Crippen molar-refractivity contribution in [3.05, 3.63) is 35.4 Å². The lowest BCUT2D eigenvalue weighted by Gasteiger charge is -2.15. The van der Waals surface area contributed by atoms with Crippen molar-refractivity contribution in [2.24, 2.45) is 16.6 Å². The van der Waals surface area contributed by atoms with Crippen LogP contribution in [0, 0.1) is 5.92 Å². The summed E-state index contributed by atoms with van der Waals surface area (Å²) in [5.41, 5.74) is 8.50. The number of halogens is 1. The number of hydrogen-bond donors (Lipinski definition) is 2. The van der Waals surface area contributed by atoms with E-state index in [-0.39, 0.29) is 24.0 Å². The van der Waals surface area contributed by atoms with E-state index in [0.29, 0.717) is 18.5 Å². The number of nitrogens with zero attached hydrogens (tertiary/aromatic N) is 2. The van der Waals surface area contributed by atoms with Crippen molar-refractivity contribution in [2.45, 2.75) is 59.2 Å². The van der Waals surface area contributed by atoms with Crippen molar-refractivity contribution < 1.29 is 0 Å². The molecule has 0 bridgehead atoms. The summed E-state index contributed by atoms with van der Waals surface area (Å²) in [6.07, 6.45) is 3.63. The molecule has 0 heterocycles. The third kappa shape index (κ3) is 10.9. The van der Waals surface area contributed by atoms with Crippen molar-refractivity contribution in [3.8, 4) is 0 Å². The van der Waals surface area contributed by atoms with E-state index < -0.39 is 0 Å². The average Bonchev–Trinajstić information content (AvgIpc) is 2.44. The van der Waals surface area contributed by atoms with Gasteiger partial charge in [-0.1, -0.05) is 51.0 Å². The molecular weight excluding hydrogens is 411 g/mol. The van der Waals surface area contributed by atoms with Gasteiger partial charge in [0, 0.05) is 12.6 Å². The lowest BCUT2D eigenvalue weighted by atomic mass is 10.0. The van der Waals surface area contributed by atoms with Crippen LogP contribution in [0.2, 0.25) is 0 Å². The third-order valence-electron chi connectivity index (χ3n) is 3.74. The van der Waals surface area contributed by atoms with E-state index in [9.17, 15) is 0 Å². The SMILES string of the molecule is CC(C)CCCC(C)NC(N)=NCc1cccc(CN(C)C)c1.I. The van der Waals surface area contributed by atoms with Crippen LogP contribution in [0.25, 0.3) is 0 Å². The van der Waals surface area contributed by atoms with Crippen molar-refractivity contribution >= 4 is 29.9 Å². The second kappa shape index (κ2) is 12.5. The molecule has 138 valence electrons. The molecule has 5 heteroatoms. The topological polar surface area (TPSA) is 53.6 Å². The second-order valence-corrected chi connectivity index (χ2v) is 7.13. The number of hydrogen-bond acceptors (Lipinski definition) is 2.